The molecule has 5 nitrogen and oxygen atoms in total. The van der Waals surface area contributed by atoms with Gasteiger partial charge in [0, 0.05) is 51.1 Å². The molecular weight excluding hydrogens is 476 g/mol. The first-order valence-electron chi connectivity index (χ1n) is 13.4. The van der Waals surface area contributed by atoms with E-state index >= 15 is 0 Å². The van der Waals surface area contributed by atoms with E-state index in [9.17, 15) is 0 Å². The predicted molar refractivity (Wildman–Crippen MR) is 154 cm³/mol. The molecule has 0 saturated carbocycles. The predicted octanol–water partition coefficient (Wildman–Crippen LogP) is 6.29. The van der Waals surface area contributed by atoms with Gasteiger partial charge < -0.3 is 19.5 Å². The van der Waals surface area contributed by atoms with Crippen molar-refractivity contribution in [2.75, 3.05) is 19.7 Å². The molecule has 0 amide bonds. The first-order chi connectivity index (χ1) is 18.3. The molecule has 0 atom stereocenters. The fourth-order valence-electron chi connectivity index (χ4n) is 5.19. The molecule has 0 spiro atoms. The summed E-state index contributed by atoms with van der Waals surface area (Å²) in [5.41, 5.74) is 2.51. The Morgan fingerprint density at radius 2 is 1.73 bits per heavy atom. The molecule has 0 bridgehead atoms. The Kier molecular flexibility index (Phi) is 8.82. The molecule has 6 heteroatoms. The van der Waals surface area contributed by atoms with Gasteiger partial charge in [-0.25, -0.2) is 4.98 Å². The molecule has 0 radical (unpaired) electrons. The van der Waals surface area contributed by atoms with Gasteiger partial charge >= 0.3 is 0 Å². The molecule has 1 aliphatic heterocycles. The minimum absolute atomic E-state index is 0.487. The van der Waals surface area contributed by atoms with Gasteiger partial charge in [0.15, 0.2) is 5.11 Å². The summed E-state index contributed by atoms with van der Waals surface area (Å²) in [6.45, 7) is 5.15. The number of benzene rings is 3. The smallest absolute Gasteiger partial charge is 0.169 e. The van der Waals surface area contributed by atoms with Crippen molar-refractivity contribution in [1.82, 2.24) is 19.8 Å². The molecule has 192 valence electrons. The number of unbranched alkanes of at least 4 members (excludes halogenated alkanes) is 1. The Morgan fingerprint density at radius 3 is 2.59 bits per heavy atom. The van der Waals surface area contributed by atoms with Gasteiger partial charge in [-0.15, -0.1) is 0 Å². The normalized spacial score (nSPS) is 14.2. The number of piperidine rings is 1. The topological polar surface area (TPSA) is 42.3 Å². The van der Waals surface area contributed by atoms with Crippen molar-refractivity contribution in [3.05, 3.63) is 102 Å². The number of thiocarbonyl (C=S) groups is 1. The number of rotatable bonds is 10. The van der Waals surface area contributed by atoms with Crippen LogP contribution in [0, 0.1) is 0 Å². The quantitative estimate of drug-likeness (QED) is 0.200. The van der Waals surface area contributed by atoms with Gasteiger partial charge in [0.2, 0.25) is 0 Å². The number of aryl methyl sites for hydroxylation is 1. The third-order valence-corrected chi connectivity index (χ3v) is 7.66. The van der Waals surface area contributed by atoms with E-state index in [0.717, 1.165) is 63.6 Å². The molecular formula is C31H36N4OS. The summed E-state index contributed by atoms with van der Waals surface area (Å²) in [6.07, 6.45) is 8.38. The number of ether oxygens (including phenoxy) is 1. The van der Waals surface area contributed by atoms with Gasteiger partial charge in [-0.2, -0.15) is 0 Å². The van der Waals surface area contributed by atoms with Gasteiger partial charge in [-0.1, -0.05) is 72.8 Å². The molecule has 4 aromatic rings. The average molecular weight is 513 g/mol. The zero-order chi connectivity index (χ0) is 25.3. The summed E-state index contributed by atoms with van der Waals surface area (Å²) in [5, 5.41) is 6.91. The minimum atomic E-state index is 0.487. The van der Waals surface area contributed by atoms with Crippen LogP contribution in [0.15, 0.2) is 85.2 Å². The molecule has 1 aliphatic rings. The lowest BCUT2D eigenvalue weighted by Gasteiger charge is -2.34. The lowest BCUT2D eigenvalue weighted by atomic mass is 9.96. The number of nitrogens with one attached hydrogen (secondary N) is 1. The van der Waals surface area contributed by atoms with Crippen molar-refractivity contribution in [1.29, 1.82) is 0 Å². The molecule has 2 heterocycles. The van der Waals surface area contributed by atoms with Gasteiger partial charge in [-0.05, 0) is 59.8 Å². The molecule has 1 fully saturated rings. The second-order valence-electron chi connectivity index (χ2n) is 9.78. The van der Waals surface area contributed by atoms with Crippen LogP contribution in [-0.4, -0.2) is 39.3 Å². The van der Waals surface area contributed by atoms with E-state index in [1.54, 1.807) is 0 Å². The number of imidazole rings is 1. The van der Waals surface area contributed by atoms with E-state index in [1.807, 2.05) is 12.3 Å². The maximum absolute atomic E-state index is 5.84. The van der Waals surface area contributed by atoms with Crippen molar-refractivity contribution < 1.29 is 4.74 Å². The van der Waals surface area contributed by atoms with Gasteiger partial charge in [-0.3, -0.25) is 0 Å². The standard InChI is InChI=1S/C31H36N4OS/c37-31(33-23-28-13-8-12-26-11-4-5-14-29(26)28)35-19-15-27(16-20-35)30-32-17-21-34(30)18-6-7-22-36-24-25-9-2-1-3-10-25/h1-5,8-14,17,21,27H,6-7,15-16,18-20,22-24H2,(H,33,37). The molecule has 3 aromatic carbocycles. The van der Waals surface area contributed by atoms with Crippen LogP contribution in [0.1, 0.15) is 48.6 Å². The summed E-state index contributed by atoms with van der Waals surface area (Å²) < 4.78 is 8.18. The number of hydrogen-bond acceptors (Lipinski definition) is 3. The Labute approximate surface area is 225 Å². The first-order valence-corrected chi connectivity index (χ1v) is 13.8. The molecule has 0 aliphatic carbocycles. The molecule has 37 heavy (non-hydrogen) atoms. The SMILES string of the molecule is S=C(NCc1cccc2ccccc12)N1CCC(c2nccn2CCCCOCc2ccccc2)CC1. The van der Waals surface area contributed by atoms with E-state index in [4.69, 9.17) is 21.9 Å². The lowest BCUT2D eigenvalue weighted by Crippen LogP contribution is -2.43. The largest absolute Gasteiger partial charge is 0.377 e. The van der Waals surface area contributed by atoms with Crippen LogP contribution in [0.2, 0.25) is 0 Å². The van der Waals surface area contributed by atoms with Crippen molar-refractivity contribution in [2.24, 2.45) is 0 Å². The number of aromatic nitrogens is 2. The van der Waals surface area contributed by atoms with Crippen molar-refractivity contribution in [2.45, 2.75) is 51.3 Å². The highest BCUT2D eigenvalue weighted by Gasteiger charge is 2.25. The van der Waals surface area contributed by atoms with Crippen molar-refractivity contribution >= 4 is 28.1 Å². The van der Waals surface area contributed by atoms with E-state index in [-0.39, 0.29) is 0 Å². The van der Waals surface area contributed by atoms with Crippen LogP contribution >= 0.6 is 12.2 Å². The average Bonchev–Trinajstić information content (AvgIpc) is 3.43. The maximum atomic E-state index is 5.84. The highest BCUT2D eigenvalue weighted by molar-refractivity contribution is 7.80. The summed E-state index contributed by atoms with van der Waals surface area (Å²) in [4.78, 5) is 7.05. The van der Waals surface area contributed by atoms with Gasteiger partial charge in [0.1, 0.15) is 5.82 Å². The number of fused-ring (bicyclic) bond motifs is 1. The molecule has 1 N–H and O–H groups in total. The van der Waals surface area contributed by atoms with E-state index in [2.05, 4.69) is 87.7 Å². The van der Waals surface area contributed by atoms with Crippen LogP contribution < -0.4 is 5.32 Å². The zero-order valence-corrected chi connectivity index (χ0v) is 22.2. The Balaban J connectivity index is 1.04. The van der Waals surface area contributed by atoms with Crippen molar-refractivity contribution in [3.8, 4) is 0 Å². The van der Waals surface area contributed by atoms with Crippen LogP contribution in [-0.2, 0) is 24.4 Å². The minimum Gasteiger partial charge on any atom is -0.377 e. The van der Waals surface area contributed by atoms with Crippen LogP contribution in [0.3, 0.4) is 0 Å². The Bertz CT molecular complexity index is 1280. The van der Waals surface area contributed by atoms with Gasteiger partial charge in [0.05, 0.1) is 6.61 Å². The number of nitrogens with zero attached hydrogens (tertiary/aromatic N) is 3. The number of likely N-dealkylation sites (tertiary alicyclic amines) is 1. The zero-order valence-electron chi connectivity index (χ0n) is 21.4. The second kappa shape index (κ2) is 12.8. The maximum Gasteiger partial charge on any atom is 0.169 e. The molecule has 5 rings (SSSR count). The second-order valence-corrected chi connectivity index (χ2v) is 10.2. The summed E-state index contributed by atoms with van der Waals surface area (Å²) in [7, 11) is 0. The highest BCUT2D eigenvalue weighted by atomic mass is 32.1. The van der Waals surface area contributed by atoms with E-state index in [0.29, 0.717) is 12.5 Å². The molecule has 1 aromatic heterocycles. The van der Waals surface area contributed by atoms with Crippen LogP contribution in [0.25, 0.3) is 10.8 Å². The Hall–Kier alpha value is -3.22. The summed E-state index contributed by atoms with van der Waals surface area (Å²) in [6, 6.07) is 25.3. The van der Waals surface area contributed by atoms with E-state index in [1.165, 1.54) is 27.7 Å². The fraction of sp³-hybridized carbons (Fsp3) is 0.355. The monoisotopic (exact) mass is 512 g/mol. The summed E-state index contributed by atoms with van der Waals surface area (Å²) >= 11 is 5.77. The first kappa shape index (κ1) is 25.4. The fourth-order valence-corrected chi connectivity index (χ4v) is 5.45. The molecule has 1 saturated heterocycles. The summed E-state index contributed by atoms with van der Waals surface area (Å²) in [5.74, 6) is 1.71. The Morgan fingerprint density at radius 1 is 0.946 bits per heavy atom. The third kappa shape index (κ3) is 6.76. The highest BCUT2D eigenvalue weighted by Crippen LogP contribution is 2.27. The lowest BCUT2D eigenvalue weighted by molar-refractivity contribution is 0.116. The van der Waals surface area contributed by atoms with Crippen LogP contribution in [0.4, 0.5) is 0 Å². The van der Waals surface area contributed by atoms with E-state index < -0.39 is 0 Å². The third-order valence-electron chi connectivity index (χ3n) is 7.25. The molecule has 0 unspecified atom stereocenters. The number of hydrogen-bond donors (Lipinski definition) is 1. The van der Waals surface area contributed by atoms with Crippen LogP contribution in [0.5, 0.6) is 0 Å². The van der Waals surface area contributed by atoms with Crippen molar-refractivity contribution in [3.63, 3.8) is 0 Å². The van der Waals surface area contributed by atoms with Gasteiger partial charge in [0.25, 0.3) is 0 Å².